The van der Waals surface area contributed by atoms with E-state index in [1.54, 1.807) is 0 Å². The van der Waals surface area contributed by atoms with E-state index < -0.39 is 239 Å². The van der Waals surface area contributed by atoms with Crippen molar-refractivity contribution in [3.8, 4) is 0 Å². The molecule has 0 amide bonds. The summed E-state index contributed by atoms with van der Waals surface area (Å²) in [6.45, 7) is 11.9. The van der Waals surface area contributed by atoms with Crippen molar-refractivity contribution in [1.82, 2.24) is 0 Å². The molecule has 13 fully saturated rings. The molecule has 0 aromatic carbocycles. The van der Waals surface area contributed by atoms with Gasteiger partial charge in [-0.2, -0.15) is 0 Å². The summed E-state index contributed by atoms with van der Waals surface area (Å²) in [6, 6.07) is 0. The molecule has 11 heterocycles. The molecular formula is C64H100O30. The topological polar surface area (TPSA) is 465 Å². The monoisotopic (exact) mass is 1350 g/mol. The van der Waals surface area contributed by atoms with Crippen molar-refractivity contribution in [3.05, 3.63) is 11.6 Å². The van der Waals surface area contributed by atoms with E-state index in [0.717, 1.165) is 18.9 Å². The SMILES string of the molecule is C[C@@H]1O[C@H]2O[C@H]3[C@@H](OC[C@H](O)[C@@H]3O)OC(=O)[C@@]34CCC5C(=CC[C@@H]6[C@@]7(C)C[C@H](O)[C@H](O[C@@H]8O[C@H](CO)[C@@H](O)[C@H](O)[C@H]8O[C@@H]8O[C@H](CO)[C@H](O)[C@H](O)[C@H]8OC(=O)CC(C)(O)CC(=O)O[C@@H]1[C@@H](O[C@@H]1O[C@H](CO)[C@@H](O)[C@H](O)[C@H]1O)[C@H]2O)C(C)(C)[C@@H]7CC[C@@]56C)[C@@H]3CC(C)(C)CC4. The molecule has 34 atom stereocenters. The van der Waals surface area contributed by atoms with Gasteiger partial charge in [-0.1, -0.05) is 53.2 Å². The van der Waals surface area contributed by atoms with Crippen molar-refractivity contribution in [3.63, 3.8) is 0 Å². The first kappa shape index (κ1) is 72.4. The average Bonchev–Trinajstić information content (AvgIpc) is 0.687. The molecule has 5 aliphatic carbocycles. The number of aliphatic hydroxyl groups excluding tert-OH is 14. The van der Waals surface area contributed by atoms with E-state index in [1.807, 2.05) is 13.8 Å². The first-order valence-corrected chi connectivity index (χ1v) is 33.2. The van der Waals surface area contributed by atoms with Gasteiger partial charge in [0.15, 0.2) is 43.5 Å². The van der Waals surface area contributed by atoms with Gasteiger partial charge in [0, 0.05) is 0 Å². The molecule has 10 bridgehead atoms. The number of allylic oxidation sites excluding steroid dienone is 2. The highest BCUT2D eigenvalue weighted by atomic mass is 16.8. The summed E-state index contributed by atoms with van der Waals surface area (Å²) in [5, 5.41) is 169. The summed E-state index contributed by atoms with van der Waals surface area (Å²) in [4.78, 5) is 43.7. The quantitative estimate of drug-likeness (QED) is 0.0554. The second-order valence-electron chi connectivity index (χ2n) is 31.0. The normalized spacial score (nSPS) is 53.3. The van der Waals surface area contributed by atoms with Crippen molar-refractivity contribution in [2.24, 2.45) is 50.7 Å². The van der Waals surface area contributed by atoms with Gasteiger partial charge in [-0.25, -0.2) is 0 Å². The fourth-order valence-electron chi connectivity index (χ4n) is 18.8. The van der Waals surface area contributed by atoms with E-state index in [0.29, 0.717) is 44.9 Å². The maximum Gasteiger partial charge on any atom is 0.315 e. The van der Waals surface area contributed by atoms with Crippen molar-refractivity contribution in [2.45, 2.75) is 291 Å². The highest BCUT2D eigenvalue weighted by molar-refractivity contribution is 5.79. The molecule has 15 N–H and O–H groups in total. The molecule has 2 unspecified atom stereocenters. The fraction of sp³-hybridized carbons (Fsp3) is 0.922. The Labute approximate surface area is 544 Å². The van der Waals surface area contributed by atoms with Gasteiger partial charge in [0.05, 0.1) is 68.6 Å². The Bertz CT molecular complexity index is 2730. The zero-order valence-corrected chi connectivity index (χ0v) is 54.3. The molecule has 0 radical (unpaired) electrons. The summed E-state index contributed by atoms with van der Waals surface area (Å²) in [6.07, 6.45) is -42.0. The number of hydrogen-bond acceptors (Lipinski definition) is 30. The molecule has 94 heavy (non-hydrogen) atoms. The third-order valence-electron chi connectivity index (χ3n) is 23.8. The molecule has 0 aromatic rings. The van der Waals surface area contributed by atoms with Crippen molar-refractivity contribution < 1.29 is 148 Å². The number of aliphatic hydroxyl groups is 15. The lowest BCUT2D eigenvalue weighted by molar-refractivity contribution is -0.382. The largest absolute Gasteiger partial charge is 0.457 e. The van der Waals surface area contributed by atoms with E-state index in [2.05, 4.69) is 33.8 Å². The van der Waals surface area contributed by atoms with Crippen molar-refractivity contribution in [2.75, 3.05) is 26.4 Å². The van der Waals surface area contributed by atoms with Crippen LogP contribution >= 0.6 is 0 Å². The third kappa shape index (κ3) is 12.9. The third-order valence-corrected chi connectivity index (χ3v) is 23.8. The second kappa shape index (κ2) is 26.9. The predicted octanol–water partition coefficient (Wildman–Crippen LogP) is -3.32. The highest BCUT2D eigenvalue weighted by Crippen LogP contribution is 2.72. The van der Waals surface area contributed by atoms with Crippen LogP contribution in [-0.2, 0) is 71.2 Å². The number of carbonyl (C=O) groups is 3. The van der Waals surface area contributed by atoms with Crippen LogP contribution in [0.5, 0.6) is 0 Å². The van der Waals surface area contributed by atoms with E-state index in [-0.39, 0.29) is 40.9 Å². The van der Waals surface area contributed by atoms with E-state index in [1.165, 1.54) is 6.92 Å². The molecule has 4 saturated carbocycles. The Kier molecular flexibility index (Phi) is 20.8. The molecule has 16 aliphatic rings. The zero-order chi connectivity index (χ0) is 68.4. The van der Waals surface area contributed by atoms with Crippen LogP contribution in [0.2, 0.25) is 0 Å². The maximum absolute atomic E-state index is 15.5. The van der Waals surface area contributed by atoms with Gasteiger partial charge in [-0.15, -0.1) is 0 Å². The summed E-state index contributed by atoms with van der Waals surface area (Å²) in [5.41, 5.74) is -4.43. The van der Waals surface area contributed by atoms with Crippen LogP contribution < -0.4 is 0 Å². The Balaban J connectivity index is 0.970. The number of hydrogen-bond donors (Lipinski definition) is 15. The summed E-state index contributed by atoms with van der Waals surface area (Å²) >= 11 is 0. The average molecular weight is 1350 g/mol. The van der Waals surface area contributed by atoms with Gasteiger partial charge < -0.3 is 133 Å². The molecule has 1 spiro atoms. The molecule has 16 rings (SSSR count). The Morgan fingerprint density at radius 3 is 1.72 bits per heavy atom. The fourth-order valence-corrected chi connectivity index (χ4v) is 18.8. The van der Waals surface area contributed by atoms with Crippen LogP contribution in [0, 0.1) is 50.7 Å². The molecule has 30 nitrogen and oxygen atoms in total. The Morgan fingerprint density at radius 2 is 1.09 bits per heavy atom. The van der Waals surface area contributed by atoms with E-state index in [4.69, 9.17) is 56.8 Å². The van der Waals surface area contributed by atoms with Crippen LogP contribution in [-0.4, -0.2) is 286 Å². The standard InChI is InChI=1S/C64H100O30/c1-25-47-48(90-53-45(79)42(76)39(73)31(21-65)85-53)46(80)54(84-25)91-49-38(72)30(69)24-83-55(49)94-58(81)64-14-11-27-26(28(64)17-59(2,3)15-16-64)9-10-35-62(27,7)13-12-34-60(4,5)52(29(68)18-63(34,35)8)93-57-51(44(78)41(75)33(23-67)87-57)92-56-50(43(77)40(74)32(22-66)86-56)89-37(71)20-61(6,82)19-36(70)88-47/h9,25,27-35,38-57,65-69,72-80,82H,10-24H2,1-8H3/t25-,27?,28-,29-,30-,31+,32+,33+,34-,35-,38-,39+,40-,41+,42-,43-,44-,45+,46+,47-,48-,49+,50+,51+,52-,53-,54-,55-,56-,57-,61?,62-,63-,64+/m0/s1. The lowest BCUT2D eigenvalue weighted by Gasteiger charge is -2.69. The molecule has 536 valence electrons. The minimum absolute atomic E-state index is 0.00990. The molecule has 30 heteroatoms. The minimum Gasteiger partial charge on any atom is -0.457 e. The van der Waals surface area contributed by atoms with E-state index in [9.17, 15) is 86.2 Å². The second-order valence-corrected chi connectivity index (χ2v) is 31.0. The van der Waals surface area contributed by atoms with Crippen molar-refractivity contribution >= 4 is 17.9 Å². The van der Waals surface area contributed by atoms with Crippen LogP contribution in [0.4, 0.5) is 0 Å². The smallest absolute Gasteiger partial charge is 0.315 e. The summed E-state index contributed by atoms with van der Waals surface area (Å²) < 4.78 is 73.2. The minimum atomic E-state index is -2.43. The van der Waals surface area contributed by atoms with Gasteiger partial charge in [-0.3, -0.25) is 14.4 Å². The van der Waals surface area contributed by atoms with Crippen LogP contribution in [0.1, 0.15) is 126 Å². The molecular weight excluding hydrogens is 1250 g/mol. The maximum atomic E-state index is 15.5. The molecule has 11 aliphatic heterocycles. The van der Waals surface area contributed by atoms with Gasteiger partial charge in [0.1, 0.15) is 91.6 Å². The van der Waals surface area contributed by atoms with Gasteiger partial charge in [-0.05, 0) is 117 Å². The van der Waals surface area contributed by atoms with Gasteiger partial charge in [0.2, 0.25) is 6.29 Å². The lowest BCUT2D eigenvalue weighted by atomic mass is 9.36. The number of esters is 3. The Hall–Kier alpha value is -2.81. The van der Waals surface area contributed by atoms with Crippen LogP contribution in [0.3, 0.4) is 0 Å². The lowest BCUT2D eigenvalue weighted by Crippen LogP contribution is -2.68. The summed E-state index contributed by atoms with van der Waals surface area (Å²) in [5.74, 6) is -3.81. The highest BCUT2D eigenvalue weighted by Gasteiger charge is 2.69. The van der Waals surface area contributed by atoms with Crippen LogP contribution in [0.25, 0.3) is 0 Å². The van der Waals surface area contributed by atoms with E-state index >= 15 is 4.79 Å². The number of rotatable bonds is 5. The Morgan fingerprint density at radius 1 is 0.511 bits per heavy atom. The predicted molar refractivity (Wildman–Crippen MR) is 312 cm³/mol. The number of ether oxygens (including phenoxy) is 12. The van der Waals surface area contributed by atoms with Crippen LogP contribution in [0.15, 0.2) is 11.6 Å². The number of carbonyl (C=O) groups excluding carboxylic acids is 3. The van der Waals surface area contributed by atoms with Crippen molar-refractivity contribution in [1.29, 1.82) is 0 Å². The first-order valence-electron chi connectivity index (χ1n) is 33.2. The molecule has 9 saturated heterocycles. The molecule has 0 aromatic heterocycles. The van der Waals surface area contributed by atoms with Gasteiger partial charge in [0.25, 0.3) is 0 Å². The first-order chi connectivity index (χ1) is 44.0. The zero-order valence-electron chi connectivity index (χ0n) is 54.3. The summed E-state index contributed by atoms with van der Waals surface area (Å²) in [7, 11) is 0. The van der Waals surface area contributed by atoms with Gasteiger partial charge >= 0.3 is 17.9 Å².